The fraction of sp³-hybridized carbons (Fsp3) is 0.100. The fourth-order valence-corrected chi connectivity index (χ4v) is 1.16. The van der Waals surface area contributed by atoms with E-state index in [0.717, 1.165) is 11.4 Å². The van der Waals surface area contributed by atoms with Crippen molar-refractivity contribution < 1.29 is 0 Å². The summed E-state index contributed by atoms with van der Waals surface area (Å²) >= 11 is 0. The number of nitrogens with one attached hydrogen (secondary N) is 1. The number of aryl methyl sites for hydroxylation is 1. The van der Waals surface area contributed by atoms with Gasteiger partial charge in [-0.3, -0.25) is 0 Å². The molecule has 1 aliphatic carbocycles. The smallest absolute Gasteiger partial charge is 0.0929 e. The van der Waals surface area contributed by atoms with E-state index in [1.165, 1.54) is 5.57 Å². The molecule has 1 heterocycles. The molecule has 2 heteroatoms. The van der Waals surface area contributed by atoms with Crippen molar-refractivity contribution >= 4 is 6.08 Å². The lowest BCUT2D eigenvalue weighted by Crippen LogP contribution is -1.77. The average molecular weight is 158 g/mol. The maximum Gasteiger partial charge on any atom is 0.0929 e. The Morgan fingerprint density at radius 2 is 2.08 bits per heavy atom. The zero-order valence-electron chi connectivity index (χ0n) is 6.91. The first-order chi connectivity index (χ1) is 5.86. The second-order valence-corrected chi connectivity index (χ2v) is 2.78. The summed E-state index contributed by atoms with van der Waals surface area (Å²) in [5, 5.41) is 0. The molecule has 0 aromatic carbocycles. The molecule has 60 valence electrons. The largest absolute Gasteiger partial charge is 0.348 e. The molecule has 0 aliphatic heterocycles. The van der Waals surface area contributed by atoms with E-state index in [-0.39, 0.29) is 0 Å². The summed E-state index contributed by atoms with van der Waals surface area (Å²) in [6.07, 6.45) is 11.9. The molecular formula is C10H10N2. The van der Waals surface area contributed by atoms with Gasteiger partial charge in [0.25, 0.3) is 0 Å². The predicted molar refractivity (Wildman–Crippen MR) is 49.6 cm³/mol. The van der Waals surface area contributed by atoms with E-state index in [2.05, 4.69) is 28.2 Å². The van der Waals surface area contributed by atoms with Crippen LogP contribution in [0.1, 0.15) is 11.4 Å². The van der Waals surface area contributed by atoms with Crippen LogP contribution in [-0.2, 0) is 0 Å². The number of hydrogen-bond donors (Lipinski definition) is 1. The molecule has 0 radical (unpaired) electrons. The van der Waals surface area contributed by atoms with E-state index >= 15 is 0 Å². The summed E-state index contributed by atoms with van der Waals surface area (Å²) in [4.78, 5) is 7.22. The molecule has 0 spiro atoms. The van der Waals surface area contributed by atoms with Crippen LogP contribution in [-0.4, -0.2) is 9.97 Å². The lowest BCUT2D eigenvalue weighted by atomic mass is 10.2. The van der Waals surface area contributed by atoms with Crippen LogP contribution >= 0.6 is 0 Å². The van der Waals surface area contributed by atoms with Gasteiger partial charge in [-0.05, 0) is 18.6 Å². The first-order valence-electron chi connectivity index (χ1n) is 3.93. The third-order valence-corrected chi connectivity index (χ3v) is 1.86. The van der Waals surface area contributed by atoms with Gasteiger partial charge >= 0.3 is 0 Å². The van der Waals surface area contributed by atoms with Crippen molar-refractivity contribution in [1.29, 1.82) is 0 Å². The standard InChI is InChI=1S/C10H10N2/c1-8-10(12-7-11-8)6-9-4-2-3-5-9/h2-7H,1H3,(H,11,12). The Morgan fingerprint density at radius 1 is 1.33 bits per heavy atom. The maximum absolute atomic E-state index is 4.18. The Hall–Kier alpha value is -1.57. The minimum Gasteiger partial charge on any atom is -0.348 e. The molecule has 0 saturated heterocycles. The number of aromatic nitrogens is 2. The van der Waals surface area contributed by atoms with Crippen LogP contribution in [0.5, 0.6) is 0 Å². The van der Waals surface area contributed by atoms with Crippen LogP contribution in [0.15, 0.2) is 36.2 Å². The van der Waals surface area contributed by atoms with Crippen LogP contribution in [0, 0.1) is 6.92 Å². The Bertz CT molecular complexity index is 353. The molecule has 1 aromatic heterocycles. The SMILES string of the molecule is Cc1[nH]cnc1C=C1C=CC=C1. The summed E-state index contributed by atoms with van der Waals surface area (Å²) in [5.41, 5.74) is 3.32. The van der Waals surface area contributed by atoms with Gasteiger partial charge < -0.3 is 4.98 Å². The Kier molecular flexibility index (Phi) is 1.67. The topological polar surface area (TPSA) is 28.7 Å². The average Bonchev–Trinajstić information content (AvgIpc) is 2.65. The van der Waals surface area contributed by atoms with Crippen molar-refractivity contribution in [3.63, 3.8) is 0 Å². The van der Waals surface area contributed by atoms with Crippen molar-refractivity contribution in [2.24, 2.45) is 0 Å². The molecule has 1 aromatic rings. The second-order valence-electron chi connectivity index (χ2n) is 2.78. The van der Waals surface area contributed by atoms with E-state index in [1.54, 1.807) is 6.33 Å². The minimum absolute atomic E-state index is 1.02. The molecule has 2 nitrogen and oxygen atoms in total. The Labute approximate surface area is 71.3 Å². The highest BCUT2D eigenvalue weighted by Crippen LogP contribution is 2.13. The molecule has 0 bridgehead atoms. The quantitative estimate of drug-likeness (QED) is 0.667. The molecule has 0 unspecified atom stereocenters. The summed E-state index contributed by atoms with van der Waals surface area (Å²) in [6, 6.07) is 0. The molecule has 2 rings (SSSR count). The van der Waals surface area contributed by atoms with E-state index < -0.39 is 0 Å². The lowest BCUT2D eigenvalue weighted by molar-refractivity contribution is 1.25. The number of imidazole rings is 1. The second kappa shape index (κ2) is 2.81. The number of H-pyrrole nitrogens is 1. The monoisotopic (exact) mass is 158 g/mol. The van der Waals surface area contributed by atoms with Crippen LogP contribution in [0.2, 0.25) is 0 Å². The summed E-state index contributed by atoms with van der Waals surface area (Å²) in [7, 11) is 0. The molecule has 12 heavy (non-hydrogen) atoms. The zero-order valence-corrected chi connectivity index (χ0v) is 6.91. The number of rotatable bonds is 1. The van der Waals surface area contributed by atoms with Gasteiger partial charge in [0, 0.05) is 5.69 Å². The number of hydrogen-bond acceptors (Lipinski definition) is 1. The third-order valence-electron chi connectivity index (χ3n) is 1.86. The highest BCUT2D eigenvalue weighted by molar-refractivity contribution is 5.60. The van der Waals surface area contributed by atoms with Crippen LogP contribution in [0.25, 0.3) is 6.08 Å². The molecular weight excluding hydrogens is 148 g/mol. The molecule has 0 saturated carbocycles. The summed E-state index contributed by atoms with van der Waals surface area (Å²) in [6.45, 7) is 2.02. The molecule has 1 N–H and O–H groups in total. The van der Waals surface area contributed by atoms with Gasteiger partial charge in [-0.2, -0.15) is 0 Å². The predicted octanol–water partition coefficient (Wildman–Crippen LogP) is 2.23. The van der Waals surface area contributed by atoms with Gasteiger partial charge in [0.05, 0.1) is 12.0 Å². The van der Waals surface area contributed by atoms with E-state index in [9.17, 15) is 0 Å². The van der Waals surface area contributed by atoms with E-state index in [4.69, 9.17) is 0 Å². The van der Waals surface area contributed by atoms with Gasteiger partial charge in [-0.1, -0.05) is 24.3 Å². The van der Waals surface area contributed by atoms with Gasteiger partial charge in [0.2, 0.25) is 0 Å². The first kappa shape index (κ1) is 7.10. The van der Waals surface area contributed by atoms with Gasteiger partial charge in [0.15, 0.2) is 0 Å². The van der Waals surface area contributed by atoms with Crippen molar-refractivity contribution in [3.05, 3.63) is 47.6 Å². The summed E-state index contributed by atoms with van der Waals surface area (Å²) < 4.78 is 0. The Morgan fingerprint density at radius 3 is 2.67 bits per heavy atom. The maximum atomic E-state index is 4.18. The number of nitrogens with zero attached hydrogens (tertiary/aromatic N) is 1. The number of allylic oxidation sites excluding steroid dienone is 5. The summed E-state index contributed by atoms with van der Waals surface area (Å²) in [5.74, 6) is 0. The zero-order chi connectivity index (χ0) is 8.39. The lowest BCUT2D eigenvalue weighted by Gasteiger charge is -1.89. The first-order valence-corrected chi connectivity index (χ1v) is 3.93. The highest BCUT2D eigenvalue weighted by Gasteiger charge is 1.98. The molecule has 0 amide bonds. The highest BCUT2D eigenvalue weighted by atomic mass is 14.9. The molecule has 0 fully saturated rings. The normalized spacial score (nSPS) is 14.2. The molecule has 1 aliphatic rings. The van der Waals surface area contributed by atoms with Gasteiger partial charge in [-0.25, -0.2) is 4.98 Å². The van der Waals surface area contributed by atoms with Crippen LogP contribution in [0.3, 0.4) is 0 Å². The van der Waals surface area contributed by atoms with Gasteiger partial charge in [-0.15, -0.1) is 0 Å². The van der Waals surface area contributed by atoms with Crippen LogP contribution < -0.4 is 0 Å². The van der Waals surface area contributed by atoms with E-state index in [1.807, 2.05) is 19.1 Å². The van der Waals surface area contributed by atoms with Crippen molar-refractivity contribution in [1.82, 2.24) is 9.97 Å². The van der Waals surface area contributed by atoms with Gasteiger partial charge in [0.1, 0.15) is 0 Å². The Balaban J connectivity index is 2.34. The molecule has 0 atom stereocenters. The van der Waals surface area contributed by atoms with Crippen molar-refractivity contribution in [3.8, 4) is 0 Å². The van der Waals surface area contributed by atoms with E-state index in [0.29, 0.717) is 0 Å². The van der Waals surface area contributed by atoms with Crippen LogP contribution in [0.4, 0.5) is 0 Å². The van der Waals surface area contributed by atoms with Crippen molar-refractivity contribution in [2.75, 3.05) is 0 Å². The number of aromatic amines is 1. The van der Waals surface area contributed by atoms with Crippen molar-refractivity contribution in [2.45, 2.75) is 6.92 Å². The minimum atomic E-state index is 1.02. The third kappa shape index (κ3) is 1.23. The fourth-order valence-electron chi connectivity index (χ4n) is 1.16.